The zero-order chi connectivity index (χ0) is 19.6. The standard InChI is InChI=1S/C14H26N4O6S/c1-7(2)3-8(12(21)18-9(5-19)14(23)24)17-13(22)10(6-25)16-11(20)4-15/h7-10,19,25H,3-6,15H2,1-2H3,(H,16,20)(H,17,22)(H,18,21)(H,23,24). The fourth-order valence-electron chi connectivity index (χ4n) is 1.88. The van der Waals surface area contributed by atoms with Gasteiger partial charge in [-0.25, -0.2) is 4.79 Å². The Morgan fingerprint density at radius 1 is 1.00 bits per heavy atom. The maximum atomic E-state index is 12.3. The smallest absolute Gasteiger partial charge is 0.328 e. The molecule has 0 radical (unpaired) electrons. The van der Waals surface area contributed by atoms with Gasteiger partial charge in [0.05, 0.1) is 13.2 Å². The average molecular weight is 378 g/mol. The van der Waals surface area contributed by atoms with E-state index >= 15 is 0 Å². The van der Waals surface area contributed by atoms with Crippen LogP contribution in [0.3, 0.4) is 0 Å². The van der Waals surface area contributed by atoms with Crippen molar-refractivity contribution in [1.29, 1.82) is 0 Å². The van der Waals surface area contributed by atoms with Crippen molar-refractivity contribution < 1.29 is 29.4 Å². The van der Waals surface area contributed by atoms with Gasteiger partial charge in [-0.2, -0.15) is 12.6 Å². The van der Waals surface area contributed by atoms with Crippen LogP contribution in [0.2, 0.25) is 0 Å². The van der Waals surface area contributed by atoms with E-state index in [1.165, 1.54) is 0 Å². The van der Waals surface area contributed by atoms with Gasteiger partial charge in [-0.1, -0.05) is 13.8 Å². The Kier molecular flexibility index (Phi) is 10.8. The quantitative estimate of drug-likeness (QED) is 0.194. The lowest BCUT2D eigenvalue weighted by molar-refractivity contribution is -0.143. The average Bonchev–Trinajstić information content (AvgIpc) is 2.55. The zero-order valence-corrected chi connectivity index (χ0v) is 15.1. The van der Waals surface area contributed by atoms with Gasteiger partial charge in [0.15, 0.2) is 0 Å². The van der Waals surface area contributed by atoms with Gasteiger partial charge in [-0.3, -0.25) is 14.4 Å². The molecule has 0 aromatic carbocycles. The normalized spacial score (nSPS) is 14.3. The van der Waals surface area contributed by atoms with E-state index in [1.54, 1.807) is 0 Å². The summed E-state index contributed by atoms with van der Waals surface area (Å²) in [5.41, 5.74) is 5.18. The van der Waals surface area contributed by atoms with Gasteiger partial charge in [-0.05, 0) is 12.3 Å². The Morgan fingerprint density at radius 2 is 1.52 bits per heavy atom. The Morgan fingerprint density at radius 3 is 1.92 bits per heavy atom. The summed E-state index contributed by atoms with van der Waals surface area (Å²) in [5, 5.41) is 24.9. The molecule has 3 amide bonds. The molecule has 0 heterocycles. The molecule has 11 heteroatoms. The number of amides is 3. The number of carboxylic acid groups (broad SMARTS) is 1. The molecule has 0 aromatic rings. The van der Waals surface area contributed by atoms with Crippen molar-refractivity contribution in [2.75, 3.05) is 18.9 Å². The second-order valence-electron chi connectivity index (χ2n) is 5.78. The van der Waals surface area contributed by atoms with E-state index in [0.29, 0.717) is 0 Å². The molecule has 0 rings (SSSR count). The summed E-state index contributed by atoms with van der Waals surface area (Å²) < 4.78 is 0. The van der Waals surface area contributed by atoms with E-state index in [0.717, 1.165) is 0 Å². The maximum Gasteiger partial charge on any atom is 0.328 e. The third-order valence-corrected chi connectivity index (χ3v) is 3.52. The molecule has 0 aromatic heterocycles. The molecule has 3 atom stereocenters. The minimum atomic E-state index is -1.48. The topological polar surface area (TPSA) is 171 Å². The zero-order valence-electron chi connectivity index (χ0n) is 14.2. The number of carbonyl (C=O) groups excluding carboxylic acids is 3. The maximum absolute atomic E-state index is 12.3. The van der Waals surface area contributed by atoms with Crippen LogP contribution >= 0.6 is 12.6 Å². The number of aliphatic carboxylic acids is 1. The van der Waals surface area contributed by atoms with E-state index in [9.17, 15) is 19.2 Å². The summed E-state index contributed by atoms with van der Waals surface area (Å²) in [6.07, 6.45) is 0.236. The molecule has 144 valence electrons. The van der Waals surface area contributed by atoms with Crippen molar-refractivity contribution in [3.05, 3.63) is 0 Å². The summed E-state index contributed by atoms with van der Waals surface area (Å²) in [4.78, 5) is 46.7. The van der Waals surface area contributed by atoms with Crippen LogP contribution in [-0.4, -0.2) is 70.9 Å². The molecule has 0 aliphatic carbocycles. The van der Waals surface area contributed by atoms with Crippen LogP contribution in [0.4, 0.5) is 0 Å². The predicted molar refractivity (Wildman–Crippen MR) is 92.9 cm³/mol. The van der Waals surface area contributed by atoms with Gasteiger partial charge in [0, 0.05) is 5.75 Å². The van der Waals surface area contributed by atoms with E-state index in [1.807, 2.05) is 13.8 Å². The first kappa shape index (κ1) is 23.1. The number of carbonyl (C=O) groups is 4. The van der Waals surface area contributed by atoms with E-state index < -0.39 is 48.4 Å². The second-order valence-corrected chi connectivity index (χ2v) is 6.14. The Balaban J connectivity index is 5.07. The molecule has 0 saturated carbocycles. The number of hydrogen-bond donors (Lipinski definition) is 7. The van der Waals surface area contributed by atoms with Gasteiger partial charge in [0.1, 0.15) is 18.1 Å². The number of thiol groups is 1. The fourth-order valence-corrected chi connectivity index (χ4v) is 2.14. The molecule has 0 aliphatic rings. The Labute approximate surface area is 151 Å². The number of hydrogen-bond acceptors (Lipinski definition) is 7. The van der Waals surface area contributed by atoms with Crippen molar-refractivity contribution in [3.63, 3.8) is 0 Å². The predicted octanol–water partition coefficient (Wildman–Crippen LogP) is -2.55. The van der Waals surface area contributed by atoms with E-state index in [2.05, 4.69) is 28.6 Å². The van der Waals surface area contributed by atoms with E-state index in [-0.39, 0.29) is 24.6 Å². The first-order valence-corrected chi connectivity index (χ1v) is 8.34. The summed E-state index contributed by atoms with van der Waals surface area (Å²) in [6.45, 7) is 2.55. The van der Waals surface area contributed by atoms with Crippen molar-refractivity contribution in [3.8, 4) is 0 Å². The van der Waals surface area contributed by atoms with Crippen LogP contribution in [0.5, 0.6) is 0 Å². The van der Waals surface area contributed by atoms with Gasteiger partial charge in [0.25, 0.3) is 0 Å². The minimum absolute atomic E-state index is 0.0119. The molecule has 0 spiro atoms. The number of rotatable bonds is 11. The third kappa shape index (κ3) is 8.70. The monoisotopic (exact) mass is 378 g/mol. The van der Waals surface area contributed by atoms with Crippen LogP contribution in [0.1, 0.15) is 20.3 Å². The molecular formula is C14H26N4O6S. The molecular weight excluding hydrogens is 352 g/mol. The number of aliphatic hydroxyl groups is 1. The van der Waals surface area contributed by atoms with Crippen LogP contribution < -0.4 is 21.7 Å². The molecule has 3 unspecified atom stereocenters. The number of nitrogens with one attached hydrogen (secondary N) is 3. The SMILES string of the molecule is CC(C)CC(NC(=O)C(CS)NC(=O)CN)C(=O)NC(CO)C(=O)O. The summed E-state index contributed by atoms with van der Waals surface area (Å²) >= 11 is 3.98. The van der Waals surface area contributed by atoms with Gasteiger partial charge in [-0.15, -0.1) is 0 Å². The van der Waals surface area contributed by atoms with Gasteiger partial charge >= 0.3 is 5.97 Å². The van der Waals surface area contributed by atoms with Crippen molar-refractivity contribution in [2.45, 2.75) is 38.4 Å². The highest BCUT2D eigenvalue weighted by atomic mass is 32.1. The van der Waals surface area contributed by atoms with Gasteiger partial charge in [0.2, 0.25) is 17.7 Å². The molecule has 0 aliphatic heterocycles. The lowest BCUT2D eigenvalue weighted by Gasteiger charge is -2.24. The summed E-state index contributed by atoms with van der Waals surface area (Å²) in [6, 6.07) is -3.50. The lowest BCUT2D eigenvalue weighted by atomic mass is 10.0. The first-order valence-electron chi connectivity index (χ1n) is 7.70. The largest absolute Gasteiger partial charge is 0.480 e. The number of nitrogens with two attached hydrogens (primary N) is 1. The molecule has 10 nitrogen and oxygen atoms in total. The number of aliphatic hydroxyl groups excluding tert-OH is 1. The number of carboxylic acids is 1. The lowest BCUT2D eigenvalue weighted by Crippen LogP contribution is -2.57. The summed E-state index contributed by atoms with van der Waals surface area (Å²) in [7, 11) is 0. The van der Waals surface area contributed by atoms with Crippen molar-refractivity contribution >= 4 is 36.3 Å². The van der Waals surface area contributed by atoms with Crippen LogP contribution in [-0.2, 0) is 19.2 Å². The fraction of sp³-hybridized carbons (Fsp3) is 0.714. The highest BCUT2D eigenvalue weighted by Crippen LogP contribution is 2.06. The van der Waals surface area contributed by atoms with Crippen molar-refractivity contribution in [1.82, 2.24) is 16.0 Å². The second kappa shape index (κ2) is 11.7. The highest BCUT2D eigenvalue weighted by Gasteiger charge is 2.29. The summed E-state index contributed by atoms with van der Waals surface area (Å²) in [5.74, 6) is -3.33. The van der Waals surface area contributed by atoms with Crippen LogP contribution in [0.15, 0.2) is 0 Å². The Hall–Kier alpha value is -1.85. The van der Waals surface area contributed by atoms with Crippen molar-refractivity contribution in [2.24, 2.45) is 11.7 Å². The third-order valence-electron chi connectivity index (χ3n) is 3.16. The minimum Gasteiger partial charge on any atom is -0.480 e. The Bertz CT molecular complexity index is 488. The molecule has 25 heavy (non-hydrogen) atoms. The molecule has 7 N–H and O–H groups in total. The van der Waals surface area contributed by atoms with E-state index in [4.69, 9.17) is 15.9 Å². The molecule has 0 fully saturated rings. The van der Waals surface area contributed by atoms with Crippen LogP contribution in [0, 0.1) is 5.92 Å². The molecule has 0 saturated heterocycles. The highest BCUT2D eigenvalue weighted by molar-refractivity contribution is 7.80. The van der Waals surface area contributed by atoms with Crippen LogP contribution in [0.25, 0.3) is 0 Å². The molecule has 0 bridgehead atoms. The first-order chi connectivity index (χ1) is 11.7. The van der Waals surface area contributed by atoms with Gasteiger partial charge < -0.3 is 31.9 Å².